The molecule has 1 aromatic heterocycles. The highest BCUT2D eigenvalue weighted by Gasteiger charge is 2.13. The zero-order valence-corrected chi connectivity index (χ0v) is 11.4. The van der Waals surface area contributed by atoms with Crippen LogP contribution in [0.15, 0.2) is 36.7 Å². The average Bonchev–Trinajstić information content (AvgIpc) is 2.84. The lowest BCUT2D eigenvalue weighted by Crippen LogP contribution is -2.23. The Kier molecular flexibility index (Phi) is 4.15. The molecule has 0 spiro atoms. The molecular weight excluding hydrogens is 222 g/mol. The summed E-state index contributed by atoms with van der Waals surface area (Å²) in [6.45, 7) is 5.22. The standard InChI is InChI=1S/C15H21N3/c1-4-15-17-9-10-18(15)11-14(16-3)13-8-6-5-7-12(13)2/h5-10,14,16H,4,11H2,1-3H3. The summed E-state index contributed by atoms with van der Waals surface area (Å²) in [6.07, 6.45) is 4.90. The van der Waals surface area contributed by atoms with Gasteiger partial charge in [0.1, 0.15) is 5.82 Å². The van der Waals surface area contributed by atoms with E-state index in [2.05, 4.69) is 59.2 Å². The Bertz CT molecular complexity index is 502. The average molecular weight is 243 g/mol. The summed E-state index contributed by atoms with van der Waals surface area (Å²) in [6, 6.07) is 8.86. The molecular formula is C15H21N3. The Morgan fingerprint density at radius 3 is 2.78 bits per heavy atom. The summed E-state index contributed by atoms with van der Waals surface area (Å²) in [5.74, 6) is 1.14. The normalized spacial score (nSPS) is 12.6. The molecule has 1 heterocycles. The van der Waals surface area contributed by atoms with Crippen LogP contribution in [0.3, 0.4) is 0 Å². The van der Waals surface area contributed by atoms with E-state index in [4.69, 9.17) is 0 Å². The van der Waals surface area contributed by atoms with Crippen molar-refractivity contribution in [3.05, 3.63) is 53.6 Å². The van der Waals surface area contributed by atoms with Gasteiger partial charge >= 0.3 is 0 Å². The Morgan fingerprint density at radius 2 is 2.11 bits per heavy atom. The minimum atomic E-state index is 0.325. The van der Waals surface area contributed by atoms with Crippen molar-refractivity contribution < 1.29 is 0 Å². The maximum absolute atomic E-state index is 4.37. The van der Waals surface area contributed by atoms with Crippen LogP contribution in [0.4, 0.5) is 0 Å². The van der Waals surface area contributed by atoms with Crippen LogP contribution >= 0.6 is 0 Å². The van der Waals surface area contributed by atoms with Crippen molar-refractivity contribution in [2.24, 2.45) is 0 Å². The SMILES string of the molecule is CCc1nccn1CC(NC)c1ccccc1C. The summed E-state index contributed by atoms with van der Waals surface area (Å²) in [5, 5.41) is 3.40. The minimum Gasteiger partial charge on any atom is -0.333 e. The predicted molar refractivity (Wildman–Crippen MR) is 74.6 cm³/mol. The molecule has 1 unspecified atom stereocenters. The molecule has 0 fully saturated rings. The summed E-state index contributed by atoms with van der Waals surface area (Å²) < 4.78 is 2.23. The van der Waals surface area contributed by atoms with Gasteiger partial charge in [-0.1, -0.05) is 31.2 Å². The van der Waals surface area contributed by atoms with E-state index in [1.165, 1.54) is 11.1 Å². The molecule has 0 saturated heterocycles. The highest BCUT2D eigenvalue weighted by molar-refractivity contribution is 5.28. The lowest BCUT2D eigenvalue weighted by Gasteiger charge is -2.20. The van der Waals surface area contributed by atoms with Gasteiger partial charge in [-0.3, -0.25) is 0 Å². The molecule has 1 N–H and O–H groups in total. The third-order valence-electron chi connectivity index (χ3n) is 3.41. The molecule has 3 nitrogen and oxygen atoms in total. The molecule has 0 saturated carbocycles. The van der Waals surface area contributed by atoms with Crippen LogP contribution in [0.1, 0.15) is 29.9 Å². The second kappa shape index (κ2) is 5.83. The van der Waals surface area contributed by atoms with Crippen LogP contribution in [0.2, 0.25) is 0 Å². The van der Waals surface area contributed by atoms with Gasteiger partial charge in [-0.25, -0.2) is 4.98 Å². The van der Waals surface area contributed by atoms with Crippen LogP contribution in [0.25, 0.3) is 0 Å². The number of aryl methyl sites for hydroxylation is 2. The Balaban J connectivity index is 2.23. The summed E-state index contributed by atoms with van der Waals surface area (Å²) in [4.78, 5) is 4.37. The molecule has 1 atom stereocenters. The number of benzene rings is 1. The van der Waals surface area contributed by atoms with E-state index in [0.717, 1.165) is 18.8 Å². The number of nitrogens with one attached hydrogen (secondary N) is 1. The second-order valence-corrected chi connectivity index (χ2v) is 4.55. The van der Waals surface area contributed by atoms with Crippen molar-refractivity contribution >= 4 is 0 Å². The van der Waals surface area contributed by atoms with Gasteiger partial charge in [0.2, 0.25) is 0 Å². The lowest BCUT2D eigenvalue weighted by atomic mass is 10.0. The molecule has 0 bridgehead atoms. The summed E-state index contributed by atoms with van der Waals surface area (Å²) in [7, 11) is 2.01. The van der Waals surface area contributed by atoms with E-state index in [1.54, 1.807) is 0 Å². The summed E-state index contributed by atoms with van der Waals surface area (Å²) >= 11 is 0. The van der Waals surface area contributed by atoms with Crippen molar-refractivity contribution in [2.45, 2.75) is 32.9 Å². The smallest absolute Gasteiger partial charge is 0.108 e. The van der Waals surface area contributed by atoms with Gasteiger partial charge in [-0.05, 0) is 25.1 Å². The monoisotopic (exact) mass is 243 g/mol. The van der Waals surface area contributed by atoms with Gasteiger partial charge in [-0.15, -0.1) is 0 Å². The molecule has 3 heteroatoms. The fraction of sp³-hybridized carbons (Fsp3) is 0.400. The fourth-order valence-corrected chi connectivity index (χ4v) is 2.34. The number of likely N-dealkylation sites (N-methyl/N-ethyl adjacent to an activating group) is 1. The van der Waals surface area contributed by atoms with Crippen molar-refractivity contribution in [3.8, 4) is 0 Å². The van der Waals surface area contributed by atoms with Crippen LogP contribution in [-0.2, 0) is 13.0 Å². The first-order valence-corrected chi connectivity index (χ1v) is 6.49. The Labute approximate surface area is 109 Å². The first-order chi connectivity index (χ1) is 8.76. The lowest BCUT2D eigenvalue weighted by molar-refractivity contribution is 0.487. The topological polar surface area (TPSA) is 29.9 Å². The number of rotatable bonds is 5. The van der Waals surface area contributed by atoms with E-state index in [1.807, 2.05) is 13.2 Å². The van der Waals surface area contributed by atoms with E-state index < -0.39 is 0 Å². The third kappa shape index (κ3) is 2.62. The quantitative estimate of drug-likeness (QED) is 0.875. The van der Waals surface area contributed by atoms with Gasteiger partial charge in [-0.2, -0.15) is 0 Å². The first-order valence-electron chi connectivity index (χ1n) is 6.49. The second-order valence-electron chi connectivity index (χ2n) is 4.55. The van der Waals surface area contributed by atoms with Crippen LogP contribution in [0, 0.1) is 6.92 Å². The fourth-order valence-electron chi connectivity index (χ4n) is 2.34. The molecule has 0 aliphatic rings. The van der Waals surface area contributed by atoms with E-state index in [-0.39, 0.29) is 0 Å². The molecule has 2 aromatic rings. The molecule has 0 aliphatic heterocycles. The molecule has 0 amide bonds. The zero-order valence-electron chi connectivity index (χ0n) is 11.4. The Hall–Kier alpha value is -1.61. The molecule has 1 aromatic carbocycles. The third-order valence-corrected chi connectivity index (χ3v) is 3.41. The number of aromatic nitrogens is 2. The molecule has 0 radical (unpaired) electrons. The van der Waals surface area contributed by atoms with Gasteiger partial charge in [0.05, 0.1) is 6.04 Å². The minimum absolute atomic E-state index is 0.325. The molecule has 0 aliphatic carbocycles. The molecule has 18 heavy (non-hydrogen) atoms. The largest absolute Gasteiger partial charge is 0.333 e. The number of imidazole rings is 1. The number of hydrogen-bond donors (Lipinski definition) is 1. The van der Waals surface area contributed by atoms with Gasteiger partial charge in [0.25, 0.3) is 0 Å². The molecule has 2 rings (SSSR count). The van der Waals surface area contributed by atoms with Crippen LogP contribution < -0.4 is 5.32 Å². The van der Waals surface area contributed by atoms with Crippen molar-refractivity contribution in [1.29, 1.82) is 0 Å². The number of hydrogen-bond acceptors (Lipinski definition) is 2. The maximum atomic E-state index is 4.37. The summed E-state index contributed by atoms with van der Waals surface area (Å²) in [5.41, 5.74) is 2.69. The van der Waals surface area contributed by atoms with E-state index in [0.29, 0.717) is 6.04 Å². The van der Waals surface area contributed by atoms with Crippen LogP contribution in [0.5, 0.6) is 0 Å². The highest BCUT2D eigenvalue weighted by Crippen LogP contribution is 2.19. The Morgan fingerprint density at radius 1 is 1.33 bits per heavy atom. The first kappa shape index (κ1) is 12.8. The molecule has 96 valence electrons. The van der Waals surface area contributed by atoms with Crippen molar-refractivity contribution in [2.75, 3.05) is 7.05 Å². The zero-order chi connectivity index (χ0) is 13.0. The van der Waals surface area contributed by atoms with Gasteiger partial charge in [0, 0.05) is 25.4 Å². The highest BCUT2D eigenvalue weighted by atomic mass is 15.1. The van der Waals surface area contributed by atoms with E-state index >= 15 is 0 Å². The van der Waals surface area contributed by atoms with Crippen molar-refractivity contribution in [1.82, 2.24) is 14.9 Å². The van der Waals surface area contributed by atoms with Gasteiger partial charge < -0.3 is 9.88 Å². The maximum Gasteiger partial charge on any atom is 0.108 e. The van der Waals surface area contributed by atoms with Crippen molar-refractivity contribution in [3.63, 3.8) is 0 Å². The number of nitrogens with zero attached hydrogens (tertiary/aromatic N) is 2. The van der Waals surface area contributed by atoms with Crippen LogP contribution in [-0.4, -0.2) is 16.6 Å². The predicted octanol–water partition coefficient (Wildman–Crippen LogP) is 2.71. The van der Waals surface area contributed by atoms with E-state index in [9.17, 15) is 0 Å². The van der Waals surface area contributed by atoms with Gasteiger partial charge in [0.15, 0.2) is 0 Å².